The molecule has 1 amide bonds. The molecule has 0 aromatic heterocycles. The maximum atomic E-state index is 12.4. The zero-order valence-corrected chi connectivity index (χ0v) is 19.7. The minimum Gasteiger partial charge on any atom is -0.359 e. The molecule has 6 nitrogen and oxygen atoms in total. The molecule has 3 saturated heterocycles. The molecular weight excluding hydrogens is 398 g/mol. The van der Waals surface area contributed by atoms with Crippen LogP contribution in [-0.2, 0) is 4.79 Å². The predicted octanol–water partition coefficient (Wildman–Crippen LogP) is 1.81. The van der Waals surface area contributed by atoms with Gasteiger partial charge in [0, 0.05) is 63.7 Å². The van der Waals surface area contributed by atoms with Crippen molar-refractivity contribution in [2.24, 2.45) is 5.92 Å². The third-order valence-corrected chi connectivity index (χ3v) is 8.43. The Hall–Kier alpha value is -1.47. The zero-order chi connectivity index (χ0) is 22.0. The van der Waals surface area contributed by atoms with Crippen LogP contribution in [0.5, 0.6) is 0 Å². The highest BCUT2D eigenvalue weighted by atomic mass is 16.1. The fourth-order valence-electron chi connectivity index (χ4n) is 6.36. The van der Waals surface area contributed by atoms with Gasteiger partial charge < -0.3 is 16.0 Å². The molecule has 0 radical (unpaired) electrons. The van der Waals surface area contributed by atoms with E-state index < -0.39 is 0 Å². The van der Waals surface area contributed by atoms with Crippen molar-refractivity contribution in [3.8, 4) is 0 Å². The SMILES string of the molecule is CNC(=O)CC1(N2CCC(N[C@@H]3CC3C3=CC=CCC=C3)CC2)CN(C2CCNCC2)C1. The molecule has 3 heterocycles. The molecule has 5 rings (SSSR count). The molecule has 3 N–H and O–H groups in total. The maximum Gasteiger partial charge on any atom is 0.221 e. The molecule has 0 aromatic rings. The Morgan fingerprint density at radius 2 is 1.94 bits per heavy atom. The van der Waals surface area contributed by atoms with Crippen molar-refractivity contribution in [1.29, 1.82) is 0 Å². The van der Waals surface area contributed by atoms with Crippen molar-refractivity contribution >= 4 is 5.91 Å². The Morgan fingerprint density at radius 1 is 1.16 bits per heavy atom. The lowest BCUT2D eigenvalue weighted by Gasteiger charge is -2.59. The van der Waals surface area contributed by atoms with Gasteiger partial charge in [-0.05, 0) is 57.2 Å². The molecule has 3 aliphatic heterocycles. The van der Waals surface area contributed by atoms with Crippen molar-refractivity contribution in [3.05, 3.63) is 36.0 Å². The minimum atomic E-state index is 0.0420. The Bertz CT molecular complexity index is 754. The van der Waals surface area contributed by atoms with Gasteiger partial charge in [-0.2, -0.15) is 0 Å². The van der Waals surface area contributed by atoms with Gasteiger partial charge in [-0.25, -0.2) is 0 Å². The first kappa shape index (κ1) is 22.3. The molecule has 0 spiro atoms. The Labute approximate surface area is 193 Å². The van der Waals surface area contributed by atoms with Crippen LogP contribution in [0.1, 0.15) is 44.9 Å². The van der Waals surface area contributed by atoms with Crippen molar-refractivity contribution in [1.82, 2.24) is 25.8 Å². The summed E-state index contributed by atoms with van der Waals surface area (Å²) < 4.78 is 0. The highest BCUT2D eigenvalue weighted by molar-refractivity contribution is 5.77. The van der Waals surface area contributed by atoms with Crippen LogP contribution in [0, 0.1) is 5.92 Å². The van der Waals surface area contributed by atoms with E-state index in [0.717, 1.165) is 45.7 Å². The lowest BCUT2D eigenvalue weighted by atomic mass is 9.80. The van der Waals surface area contributed by atoms with E-state index in [1.54, 1.807) is 7.05 Å². The molecule has 176 valence electrons. The maximum absolute atomic E-state index is 12.4. The molecule has 2 aliphatic carbocycles. The summed E-state index contributed by atoms with van der Waals surface area (Å²) in [6.45, 7) is 6.59. The smallest absolute Gasteiger partial charge is 0.221 e. The van der Waals surface area contributed by atoms with Crippen LogP contribution in [0.2, 0.25) is 0 Å². The molecule has 1 unspecified atom stereocenters. The Kier molecular flexibility index (Phi) is 6.84. The molecular formula is C26H41N5O. The second-order valence-corrected chi connectivity index (χ2v) is 10.6. The zero-order valence-electron chi connectivity index (χ0n) is 19.7. The van der Waals surface area contributed by atoms with Crippen LogP contribution in [0.15, 0.2) is 36.0 Å². The van der Waals surface area contributed by atoms with Gasteiger partial charge in [-0.1, -0.05) is 30.4 Å². The van der Waals surface area contributed by atoms with Gasteiger partial charge in [-0.3, -0.25) is 14.6 Å². The Morgan fingerprint density at radius 3 is 2.69 bits per heavy atom. The van der Waals surface area contributed by atoms with E-state index in [9.17, 15) is 4.79 Å². The number of hydrogen-bond acceptors (Lipinski definition) is 5. The van der Waals surface area contributed by atoms with Gasteiger partial charge in [-0.15, -0.1) is 0 Å². The van der Waals surface area contributed by atoms with E-state index in [0.29, 0.717) is 30.5 Å². The van der Waals surface area contributed by atoms with E-state index in [1.165, 1.54) is 37.7 Å². The average molecular weight is 440 g/mol. The van der Waals surface area contributed by atoms with Gasteiger partial charge in [0.05, 0.1) is 5.54 Å². The second-order valence-electron chi connectivity index (χ2n) is 10.6. The number of hydrogen-bond donors (Lipinski definition) is 3. The van der Waals surface area contributed by atoms with Crippen molar-refractivity contribution < 1.29 is 4.79 Å². The third kappa shape index (κ3) is 4.89. The number of allylic oxidation sites excluding steroid dienone is 5. The molecule has 32 heavy (non-hydrogen) atoms. The summed E-state index contributed by atoms with van der Waals surface area (Å²) in [4.78, 5) is 17.7. The largest absolute Gasteiger partial charge is 0.359 e. The lowest BCUT2D eigenvalue weighted by Crippen LogP contribution is -2.74. The number of rotatable bonds is 7. The number of likely N-dealkylation sites (tertiary alicyclic amines) is 2. The molecule has 2 atom stereocenters. The Balaban J connectivity index is 1.13. The number of amides is 1. The number of carbonyl (C=O) groups excluding carboxylic acids is 1. The van der Waals surface area contributed by atoms with Crippen LogP contribution < -0.4 is 16.0 Å². The first-order valence-electron chi connectivity index (χ1n) is 12.9. The fourth-order valence-corrected chi connectivity index (χ4v) is 6.36. The highest BCUT2D eigenvalue weighted by Crippen LogP contribution is 2.40. The average Bonchev–Trinajstić information content (AvgIpc) is 3.60. The van der Waals surface area contributed by atoms with Gasteiger partial charge in [0.1, 0.15) is 0 Å². The summed E-state index contributed by atoms with van der Waals surface area (Å²) in [5.41, 5.74) is 1.53. The molecule has 1 saturated carbocycles. The van der Waals surface area contributed by atoms with Gasteiger partial charge in [0.15, 0.2) is 0 Å². The first-order valence-corrected chi connectivity index (χ1v) is 12.9. The van der Waals surface area contributed by atoms with Gasteiger partial charge in [0.2, 0.25) is 5.91 Å². The van der Waals surface area contributed by atoms with E-state index >= 15 is 0 Å². The summed E-state index contributed by atoms with van der Waals surface area (Å²) in [6, 6.07) is 1.96. The van der Waals surface area contributed by atoms with Crippen LogP contribution in [-0.4, -0.2) is 85.7 Å². The molecule has 5 aliphatic rings. The van der Waals surface area contributed by atoms with Gasteiger partial charge >= 0.3 is 0 Å². The minimum absolute atomic E-state index is 0.0420. The monoisotopic (exact) mass is 439 g/mol. The van der Waals surface area contributed by atoms with Crippen LogP contribution in [0.3, 0.4) is 0 Å². The topological polar surface area (TPSA) is 59.6 Å². The number of piperidine rings is 2. The summed E-state index contributed by atoms with van der Waals surface area (Å²) in [6.07, 6.45) is 19.2. The molecule has 0 aromatic carbocycles. The van der Waals surface area contributed by atoms with E-state index in [1.807, 2.05) is 0 Å². The van der Waals surface area contributed by atoms with Crippen molar-refractivity contribution in [2.45, 2.75) is 68.6 Å². The normalized spacial score (nSPS) is 31.6. The third-order valence-electron chi connectivity index (χ3n) is 8.43. The molecule has 6 heteroatoms. The number of nitrogens with one attached hydrogen (secondary N) is 3. The van der Waals surface area contributed by atoms with E-state index in [2.05, 4.69) is 56.1 Å². The van der Waals surface area contributed by atoms with Crippen LogP contribution in [0.4, 0.5) is 0 Å². The lowest BCUT2D eigenvalue weighted by molar-refractivity contribution is -0.134. The first-order chi connectivity index (χ1) is 15.7. The molecule has 0 bridgehead atoms. The van der Waals surface area contributed by atoms with Gasteiger partial charge in [0.25, 0.3) is 0 Å². The van der Waals surface area contributed by atoms with E-state index in [-0.39, 0.29) is 11.4 Å². The summed E-state index contributed by atoms with van der Waals surface area (Å²) in [7, 11) is 1.77. The predicted molar refractivity (Wildman–Crippen MR) is 129 cm³/mol. The fraction of sp³-hybridized carbons (Fsp3) is 0.731. The van der Waals surface area contributed by atoms with Crippen LogP contribution in [0.25, 0.3) is 0 Å². The second kappa shape index (κ2) is 9.80. The summed E-state index contributed by atoms with van der Waals surface area (Å²) in [5, 5.41) is 10.3. The highest BCUT2D eigenvalue weighted by Gasteiger charge is 2.51. The van der Waals surface area contributed by atoms with Crippen molar-refractivity contribution in [2.75, 3.05) is 46.3 Å². The van der Waals surface area contributed by atoms with Crippen LogP contribution >= 0.6 is 0 Å². The number of carbonyl (C=O) groups is 1. The quantitative estimate of drug-likeness (QED) is 0.565. The van der Waals surface area contributed by atoms with Crippen molar-refractivity contribution in [3.63, 3.8) is 0 Å². The summed E-state index contributed by atoms with van der Waals surface area (Å²) in [5.74, 6) is 0.881. The van der Waals surface area contributed by atoms with E-state index in [4.69, 9.17) is 0 Å². The molecule has 4 fully saturated rings. The number of nitrogens with zero attached hydrogens (tertiary/aromatic N) is 2. The standard InChI is InChI=1S/C26H41N5O/c1-27-25(32)17-26(18-30(19-26)22-8-12-28-13-9-22)31-14-10-21(11-15-31)29-24-16-23(24)20-6-4-2-3-5-7-20/h2,4-7,21-24,28-29H,3,8-19H2,1H3,(H,27,32)/t23?,24-/m1/s1. The summed E-state index contributed by atoms with van der Waals surface area (Å²) >= 11 is 0.